The molecule has 0 aliphatic heterocycles. The number of carbonyl (C=O) groups excluding carboxylic acids is 1. The highest BCUT2D eigenvalue weighted by molar-refractivity contribution is 5.83. The zero-order valence-electron chi connectivity index (χ0n) is 10.2. The molecule has 0 bridgehead atoms. The van der Waals surface area contributed by atoms with Crippen molar-refractivity contribution in [3.63, 3.8) is 0 Å². The molecule has 0 spiro atoms. The molecule has 5 nitrogen and oxygen atoms in total. The molecular formula is C11H11F3N4O. The number of pyridine rings is 1. The van der Waals surface area contributed by atoms with E-state index in [0.717, 1.165) is 6.07 Å². The molecular weight excluding hydrogens is 261 g/mol. The third-order valence-electron chi connectivity index (χ3n) is 2.30. The Labute approximate surface area is 107 Å². The van der Waals surface area contributed by atoms with Gasteiger partial charge in [0.2, 0.25) is 5.91 Å². The predicted octanol–water partition coefficient (Wildman–Crippen LogP) is 1.52. The van der Waals surface area contributed by atoms with Crippen molar-refractivity contribution in [2.45, 2.75) is 19.1 Å². The molecule has 1 aromatic heterocycles. The van der Waals surface area contributed by atoms with Crippen LogP contribution in [0, 0.1) is 11.3 Å². The van der Waals surface area contributed by atoms with Gasteiger partial charge in [-0.15, -0.1) is 0 Å². The lowest BCUT2D eigenvalue weighted by Gasteiger charge is -2.15. The Morgan fingerprint density at radius 2 is 2.11 bits per heavy atom. The minimum Gasteiger partial charge on any atom is -0.358 e. The van der Waals surface area contributed by atoms with Crippen LogP contribution in [-0.2, 0) is 11.0 Å². The number of halogens is 3. The molecule has 0 saturated carbocycles. The molecule has 1 amide bonds. The van der Waals surface area contributed by atoms with E-state index < -0.39 is 23.8 Å². The van der Waals surface area contributed by atoms with E-state index in [1.54, 1.807) is 6.07 Å². The monoisotopic (exact) mass is 272 g/mol. The second kappa shape index (κ2) is 5.56. The SMILES string of the molecule is CNC(=O)C(C)Nc1nc(C(F)(F)F)ccc1C#N. The van der Waals surface area contributed by atoms with Crippen LogP contribution < -0.4 is 10.6 Å². The Morgan fingerprint density at radius 1 is 1.47 bits per heavy atom. The maximum atomic E-state index is 12.5. The highest BCUT2D eigenvalue weighted by atomic mass is 19.4. The summed E-state index contributed by atoms with van der Waals surface area (Å²) in [7, 11) is 1.39. The normalized spacial score (nSPS) is 12.4. The number of likely N-dealkylation sites (N-methyl/N-ethyl adjacent to an activating group) is 1. The lowest BCUT2D eigenvalue weighted by Crippen LogP contribution is -2.35. The minimum absolute atomic E-state index is 0.0660. The summed E-state index contributed by atoms with van der Waals surface area (Å²) in [6.07, 6.45) is -4.61. The van der Waals surface area contributed by atoms with E-state index >= 15 is 0 Å². The molecule has 102 valence electrons. The van der Waals surface area contributed by atoms with Gasteiger partial charge < -0.3 is 10.6 Å². The van der Waals surface area contributed by atoms with Crippen LogP contribution in [0.4, 0.5) is 19.0 Å². The third kappa shape index (κ3) is 3.58. The van der Waals surface area contributed by atoms with E-state index in [1.807, 2.05) is 0 Å². The molecule has 1 atom stereocenters. The Balaban J connectivity index is 3.11. The Bertz CT molecular complexity index is 522. The summed E-state index contributed by atoms with van der Waals surface area (Å²) in [6.45, 7) is 1.45. The standard InChI is InChI=1S/C11H11F3N4O/c1-6(10(19)16-2)17-9-7(5-15)3-4-8(18-9)11(12,13)14/h3-4,6H,1-2H3,(H,16,19)(H,17,18). The highest BCUT2D eigenvalue weighted by Crippen LogP contribution is 2.29. The summed E-state index contributed by atoms with van der Waals surface area (Å²) in [4.78, 5) is 14.6. The van der Waals surface area contributed by atoms with E-state index in [0.29, 0.717) is 6.07 Å². The van der Waals surface area contributed by atoms with Crippen LogP contribution in [0.15, 0.2) is 12.1 Å². The van der Waals surface area contributed by atoms with E-state index in [1.165, 1.54) is 14.0 Å². The number of amides is 1. The smallest absolute Gasteiger partial charge is 0.358 e. The number of hydrogen-bond donors (Lipinski definition) is 2. The number of nitriles is 1. The molecule has 1 heterocycles. The number of aromatic nitrogens is 1. The van der Waals surface area contributed by atoms with Gasteiger partial charge in [-0.3, -0.25) is 4.79 Å². The van der Waals surface area contributed by atoms with Gasteiger partial charge in [0.15, 0.2) is 0 Å². The van der Waals surface area contributed by atoms with Crippen LogP contribution in [-0.4, -0.2) is 24.0 Å². The van der Waals surface area contributed by atoms with Crippen LogP contribution >= 0.6 is 0 Å². The van der Waals surface area contributed by atoms with Gasteiger partial charge in [-0.05, 0) is 19.1 Å². The molecule has 1 aromatic rings. The first-order valence-electron chi connectivity index (χ1n) is 5.26. The first-order chi connectivity index (χ1) is 8.79. The molecule has 0 saturated heterocycles. The maximum Gasteiger partial charge on any atom is 0.433 e. The molecule has 1 rings (SSSR count). The molecule has 8 heteroatoms. The molecule has 19 heavy (non-hydrogen) atoms. The lowest BCUT2D eigenvalue weighted by atomic mass is 10.2. The zero-order valence-corrected chi connectivity index (χ0v) is 10.2. The quantitative estimate of drug-likeness (QED) is 0.874. The van der Waals surface area contributed by atoms with Crippen molar-refractivity contribution in [3.05, 3.63) is 23.4 Å². The van der Waals surface area contributed by atoms with Crippen molar-refractivity contribution >= 4 is 11.7 Å². The van der Waals surface area contributed by atoms with Crippen molar-refractivity contribution in [1.29, 1.82) is 5.26 Å². The zero-order chi connectivity index (χ0) is 14.6. The van der Waals surface area contributed by atoms with E-state index in [-0.39, 0.29) is 11.4 Å². The number of rotatable bonds is 3. The summed E-state index contributed by atoms with van der Waals surface area (Å²) in [5.41, 5.74) is -1.19. The van der Waals surface area contributed by atoms with Crippen molar-refractivity contribution < 1.29 is 18.0 Å². The number of nitrogens with zero attached hydrogens (tertiary/aromatic N) is 2. The number of carbonyl (C=O) groups is 1. The summed E-state index contributed by atoms with van der Waals surface area (Å²) in [5, 5.41) is 13.6. The van der Waals surface area contributed by atoms with Gasteiger partial charge in [-0.25, -0.2) is 4.98 Å². The molecule has 1 unspecified atom stereocenters. The average molecular weight is 272 g/mol. The molecule has 0 aliphatic carbocycles. The van der Waals surface area contributed by atoms with Gasteiger partial charge in [0.1, 0.15) is 23.6 Å². The fourth-order valence-corrected chi connectivity index (χ4v) is 1.30. The number of alkyl halides is 3. The summed E-state index contributed by atoms with van der Waals surface area (Å²) in [6, 6.07) is 2.63. The molecule has 0 aliphatic rings. The van der Waals surface area contributed by atoms with Gasteiger partial charge in [-0.2, -0.15) is 18.4 Å². The third-order valence-corrected chi connectivity index (χ3v) is 2.30. The average Bonchev–Trinajstić information content (AvgIpc) is 2.36. The summed E-state index contributed by atoms with van der Waals surface area (Å²) < 4.78 is 37.5. The van der Waals surface area contributed by atoms with Gasteiger partial charge in [0.05, 0.1) is 5.56 Å². The topological polar surface area (TPSA) is 77.8 Å². The van der Waals surface area contributed by atoms with Crippen LogP contribution in [0.1, 0.15) is 18.2 Å². The first kappa shape index (κ1) is 14.8. The van der Waals surface area contributed by atoms with Crippen molar-refractivity contribution in [3.8, 4) is 6.07 Å². The number of nitrogens with one attached hydrogen (secondary N) is 2. The van der Waals surface area contributed by atoms with Crippen LogP contribution in [0.25, 0.3) is 0 Å². The predicted molar refractivity (Wildman–Crippen MR) is 61.1 cm³/mol. The van der Waals surface area contributed by atoms with Gasteiger partial charge in [0.25, 0.3) is 0 Å². The molecule has 0 fully saturated rings. The van der Waals surface area contributed by atoms with Crippen molar-refractivity contribution in [2.75, 3.05) is 12.4 Å². The number of anilines is 1. The van der Waals surface area contributed by atoms with Gasteiger partial charge >= 0.3 is 6.18 Å². The summed E-state index contributed by atoms with van der Waals surface area (Å²) >= 11 is 0. The van der Waals surface area contributed by atoms with E-state index in [2.05, 4.69) is 15.6 Å². The van der Waals surface area contributed by atoms with Gasteiger partial charge in [0, 0.05) is 7.05 Å². The fourth-order valence-electron chi connectivity index (χ4n) is 1.30. The van der Waals surface area contributed by atoms with Crippen molar-refractivity contribution in [2.24, 2.45) is 0 Å². The second-order valence-electron chi connectivity index (χ2n) is 3.68. The van der Waals surface area contributed by atoms with E-state index in [4.69, 9.17) is 5.26 Å². The molecule has 0 aromatic carbocycles. The van der Waals surface area contributed by atoms with Crippen LogP contribution in [0.5, 0.6) is 0 Å². The van der Waals surface area contributed by atoms with Gasteiger partial charge in [-0.1, -0.05) is 0 Å². The van der Waals surface area contributed by atoms with Crippen LogP contribution in [0.2, 0.25) is 0 Å². The highest BCUT2D eigenvalue weighted by Gasteiger charge is 2.33. The molecule has 0 radical (unpaired) electrons. The number of hydrogen-bond acceptors (Lipinski definition) is 4. The first-order valence-corrected chi connectivity index (χ1v) is 5.26. The molecule has 2 N–H and O–H groups in total. The Morgan fingerprint density at radius 3 is 2.58 bits per heavy atom. The fraction of sp³-hybridized carbons (Fsp3) is 0.364. The largest absolute Gasteiger partial charge is 0.433 e. The van der Waals surface area contributed by atoms with Crippen molar-refractivity contribution in [1.82, 2.24) is 10.3 Å². The second-order valence-corrected chi connectivity index (χ2v) is 3.68. The summed E-state index contributed by atoms with van der Waals surface area (Å²) in [5.74, 6) is -0.698. The minimum atomic E-state index is -4.61. The lowest BCUT2D eigenvalue weighted by molar-refractivity contribution is -0.141. The van der Waals surface area contributed by atoms with Crippen LogP contribution in [0.3, 0.4) is 0 Å². The maximum absolute atomic E-state index is 12.5. The van der Waals surface area contributed by atoms with E-state index in [9.17, 15) is 18.0 Å². The Hall–Kier alpha value is -2.30. The Kier molecular flexibility index (Phi) is 4.32.